The quantitative estimate of drug-likeness (QED) is 0.735. The lowest BCUT2D eigenvalue weighted by Gasteiger charge is -2.39. The fraction of sp³-hybridized carbons (Fsp3) is 0.286. The summed E-state index contributed by atoms with van der Waals surface area (Å²) in [6.07, 6.45) is 2.43. The zero-order chi connectivity index (χ0) is 12.3. The van der Waals surface area contributed by atoms with Crippen LogP contribution in [0.4, 0.5) is 0 Å². The Morgan fingerprint density at radius 2 is 2.06 bits per heavy atom. The topological polar surface area (TPSA) is 37.4 Å². The van der Waals surface area contributed by atoms with Crippen molar-refractivity contribution in [3.63, 3.8) is 0 Å². The van der Waals surface area contributed by atoms with Gasteiger partial charge in [0.25, 0.3) is 0 Å². The number of Topliss-reactive ketones (excluding diaryl/α,β-unsaturated/α-hetero) is 1. The van der Waals surface area contributed by atoms with Gasteiger partial charge in [0.15, 0.2) is 5.78 Å². The molecule has 2 rings (SSSR count). The average molecular weight is 229 g/mol. The molecule has 3 nitrogen and oxygen atoms in total. The highest BCUT2D eigenvalue weighted by Gasteiger charge is 2.35. The van der Waals surface area contributed by atoms with Crippen LogP contribution in [0.1, 0.15) is 12.0 Å². The van der Waals surface area contributed by atoms with Gasteiger partial charge < -0.3 is 4.90 Å². The van der Waals surface area contributed by atoms with Gasteiger partial charge in [-0.1, -0.05) is 36.9 Å². The van der Waals surface area contributed by atoms with Crippen LogP contribution in [0.3, 0.4) is 0 Å². The van der Waals surface area contributed by atoms with E-state index in [1.165, 1.54) is 6.08 Å². The molecular formula is C14H15NO2. The first kappa shape index (κ1) is 11.6. The third-order valence-electron chi connectivity index (χ3n) is 3.07. The molecule has 0 N–H and O–H groups in total. The van der Waals surface area contributed by atoms with E-state index in [9.17, 15) is 9.59 Å². The summed E-state index contributed by atoms with van der Waals surface area (Å²) in [7, 11) is 0. The molecule has 0 aromatic heterocycles. The Morgan fingerprint density at radius 1 is 1.35 bits per heavy atom. The fourth-order valence-corrected chi connectivity index (χ4v) is 2.02. The van der Waals surface area contributed by atoms with Gasteiger partial charge in [0.05, 0.1) is 6.04 Å². The highest BCUT2D eigenvalue weighted by molar-refractivity contribution is 5.95. The minimum absolute atomic E-state index is 0.109. The second kappa shape index (κ2) is 4.95. The van der Waals surface area contributed by atoms with E-state index in [0.717, 1.165) is 12.0 Å². The molecule has 1 unspecified atom stereocenters. The number of likely N-dealkylation sites (tertiary alicyclic amines) is 1. The maximum Gasteiger partial charge on any atom is 0.246 e. The molecule has 0 bridgehead atoms. The second-order valence-corrected chi connectivity index (χ2v) is 4.17. The van der Waals surface area contributed by atoms with Crippen LogP contribution in [-0.4, -0.2) is 29.2 Å². The maximum absolute atomic E-state index is 12.0. The molecule has 1 atom stereocenters. The number of benzene rings is 1. The summed E-state index contributed by atoms with van der Waals surface area (Å²) in [5.74, 6) is -0.0414. The van der Waals surface area contributed by atoms with Crippen molar-refractivity contribution < 1.29 is 9.59 Å². The smallest absolute Gasteiger partial charge is 0.246 e. The normalized spacial score (nSPS) is 18.4. The van der Waals surface area contributed by atoms with Gasteiger partial charge in [-0.05, 0) is 18.1 Å². The van der Waals surface area contributed by atoms with Crippen LogP contribution in [-0.2, 0) is 16.0 Å². The Bertz CT molecular complexity index is 439. The van der Waals surface area contributed by atoms with Gasteiger partial charge in [0.2, 0.25) is 5.91 Å². The van der Waals surface area contributed by atoms with Crippen molar-refractivity contribution in [1.82, 2.24) is 4.90 Å². The largest absolute Gasteiger partial charge is 0.329 e. The zero-order valence-corrected chi connectivity index (χ0v) is 9.63. The van der Waals surface area contributed by atoms with Crippen molar-refractivity contribution in [3.05, 3.63) is 48.6 Å². The van der Waals surface area contributed by atoms with Gasteiger partial charge in [0, 0.05) is 13.0 Å². The van der Waals surface area contributed by atoms with Crippen molar-refractivity contribution in [3.8, 4) is 0 Å². The number of ketones is 1. The molecule has 1 amide bonds. The van der Waals surface area contributed by atoms with E-state index in [0.29, 0.717) is 13.0 Å². The number of amides is 1. The van der Waals surface area contributed by atoms with E-state index >= 15 is 0 Å². The fourth-order valence-electron chi connectivity index (χ4n) is 2.02. The monoisotopic (exact) mass is 229 g/mol. The minimum Gasteiger partial charge on any atom is -0.329 e. The molecular weight excluding hydrogens is 214 g/mol. The van der Waals surface area contributed by atoms with Crippen LogP contribution >= 0.6 is 0 Å². The summed E-state index contributed by atoms with van der Waals surface area (Å²) < 4.78 is 0. The molecule has 1 heterocycles. The highest BCUT2D eigenvalue weighted by Crippen LogP contribution is 2.20. The first-order valence-corrected chi connectivity index (χ1v) is 5.72. The molecule has 1 aliphatic rings. The molecule has 1 fully saturated rings. The third kappa shape index (κ3) is 2.44. The lowest BCUT2D eigenvalue weighted by molar-refractivity contribution is -0.142. The molecule has 1 saturated heterocycles. The van der Waals surface area contributed by atoms with Crippen molar-refractivity contribution in [2.45, 2.75) is 18.9 Å². The van der Waals surface area contributed by atoms with Gasteiger partial charge in [0.1, 0.15) is 0 Å². The van der Waals surface area contributed by atoms with Gasteiger partial charge in [-0.25, -0.2) is 0 Å². The molecule has 1 aliphatic heterocycles. The van der Waals surface area contributed by atoms with Crippen LogP contribution in [0.25, 0.3) is 0 Å². The maximum atomic E-state index is 12.0. The van der Waals surface area contributed by atoms with E-state index in [1.54, 1.807) is 4.90 Å². The van der Waals surface area contributed by atoms with E-state index in [2.05, 4.69) is 6.58 Å². The van der Waals surface area contributed by atoms with Crippen molar-refractivity contribution >= 4 is 11.7 Å². The van der Waals surface area contributed by atoms with Crippen LogP contribution in [0.5, 0.6) is 0 Å². The number of hydrogen-bond donors (Lipinski definition) is 0. The van der Waals surface area contributed by atoms with Gasteiger partial charge in [-0.3, -0.25) is 9.59 Å². The molecule has 0 saturated carbocycles. The van der Waals surface area contributed by atoms with E-state index in [-0.39, 0.29) is 17.7 Å². The molecule has 17 heavy (non-hydrogen) atoms. The Hall–Kier alpha value is -1.90. The first-order valence-electron chi connectivity index (χ1n) is 5.72. The predicted molar refractivity (Wildman–Crippen MR) is 65.5 cm³/mol. The number of nitrogens with zero attached hydrogens (tertiary/aromatic N) is 1. The van der Waals surface area contributed by atoms with E-state index in [4.69, 9.17) is 0 Å². The third-order valence-corrected chi connectivity index (χ3v) is 3.07. The standard InChI is InChI=1S/C14H15NO2/c1-2-14(17)15-9-8-12(15)13(16)10-11-6-4-3-5-7-11/h2-7,12H,1,8-10H2. The van der Waals surface area contributed by atoms with Crippen LogP contribution in [0, 0.1) is 0 Å². The highest BCUT2D eigenvalue weighted by atomic mass is 16.2. The molecule has 1 aromatic carbocycles. The van der Waals surface area contributed by atoms with Gasteiger partial charge in [-0.15, -0.1) is 0 Å². The number of hydrogen-bond acceptors (Lipinski definition) is 2. The lowest BCUT2D eigenvalue weighted by Crippen LogP contribution is -2.55. The number of rotatable bonds is 4. The van der Waals surface area contributed by atoms with Crippen molar-refractivity contribution in [2.24, 2.45) is 0 Å². The predicted octanol–water partition coefficient (Wildman–Crippen LogP) is 1.59. The SMILES string of the molecule is C=CC(=O)N1CCC1C(=O)Cc1ccccc1. The second-order valence-electron chi connectivity index (χ2n) is 4.17. The minimum atomic E-state index is -0.249. The zero-order valence-electron chi connectivity index (χ0n) is 9.63. The molecule has 1 aromatic rings. The Labute approximate surface area is 101 Å². The summed E-state index contributed by atoms with van der Waals surface area (Å²) in [5.41, 5.74) is 0.996. The van der Waals surface area contributed by atoms with Gasteiger partial charge >= 0.3 is 0 Å². The molecule has 0 aliphatic carbocycles. The van der Waals surface area contributed by atoms with E-state index in [1.807, 2.05) is 30.3 Å². The lowest BCUT2D eigenvalue weighted by atomic mass is 9.94. The summed E-state index contributed by atoms with van der Waals surface area (Å²) in [4.78, 5) is 25.0. The van der Waals surface area contributed by atoms with Crippen molar-refractivity contribution in [2.75, 3.05) is 6.54 Å². The van der Waals surface area contributed by atoms with Crippen LogP contribution in [0.15, 0.2) is 43.0 Å². The van der Waals surface area contributed by atoms with Gasteiger partial charge in [-0.2, -0.15) is 0 Å². The van der Waals surface area contributed by atoms with E-state index < -0.39 is 0 Å². The van der Waals surface area contributed by atoms with Crippen LogP contribution in [0.2, 0.25) is 0 Å². The van der Waals surface area contributed by atoms with Crippen molar-refractivity contribution in [1.29, 1.82) is 0 Å². The summed E-state index contributed by atoms with van der Waals surface area (Å²) in [5, 5.41) is 0. The summed E-state index contributed by atoms with van der Waals surface area (Å²) in [6.45, 7) is 4.10. The molecule has 0 spiro atoms. The number of carbonyl (C=O) groups is 2. The summed E-state index contributed by atoms with van der Waals surface area (Å²) >= 11 is 0. The molecule has 0 radical (unpaired) electrons. The Kier molecular flexibility index (Phi) is 3.38. The molecule has 88 valence electrons. The Morgan fingerprint density at radius 3 is 2.59 bits per heavy atom. The summed E-state index contributed by atoms with van der Waals surface area (Å²) in [6, 6.07) is 9.35. The number of carbonyl (C=O) groups excluding carboxylic acids is 2. The van der Waals surface area contributed by atoms with Crippen LogP contribution < -0.4 is 0 Å². The molecule has 3 heteroatoms. The first-order chi connectivity index (χ1) is 8.22. The average Bonchev–Trinajstić information content (AvgIpc) is 2.28. The Balaban J connectivity index is 1.97.